The van der Waals surface area contributed by atoms with E-state index in [1.807, 2.05) is 18.2 Å². The van der Waals surface area contributed by atoms with Gasteiger partial charge >= 0.3 is 8.80 Å². The largest absolute Gasteiger partial charge is 0.492 e. The van der Waals surface area contributed by atoms with Gasteiger partial charge in [-0.1, -0.05) is 6.07 Å². The molecule has 0 aliphatic carbocycles. The van der Waals surface area contributed by atoms with Gasteiger partial charge in [-0.05, 0) is 30.5 Å². The van der Waals surface area contributed by atoms with E-state index in [0.29, 0.717) is 26.1 Å². The molecule has 1 heterocycles. The maximum atomic E-state index is 8.89. The first-order valence-electron chi connectivity index (χ1n) is 5.60. The highest BCUT2D eigenvalue weighted by atomic mass is 28.4. The molecule has 0 atom stereocenters. The van der Waals surface area contributed by atoms with Crippen molar-refractivity contribution in [3.63, 3.8) is 0 Å². The van der Waals surface area contributed by atoms with Gasteiger partial charge in [0.25, 0.3) is 0 Å². The van der Waals surface area contributed by atoms with Crippen LogP contribution >= 0.6 is 0 Å². The third-order valence-corrected chi connectivity index (χ3v) is 3.61. The summed E-state index contributed by atoms with van der Waals surface area (Å²) in [4.78, 5) is 26.7. The molecule has 1 aromatic rings. The van der Waals surface area contributed by atoms with Gasteiger partial charge < -0.3 is 23.9 Å². The molecule has 0 unspecified atom stereocenters. The van der Waals surface area contributed by atoms with Gasteiger partial charge in [-0.25, -0.2) is 0 Å². The van der Waals surface area contributed by atoms with Crippen molar-refractivity contribution in [3.8, 4) is 11.5 Å². The fraction of sp³-hybridized carbons (Fsp3) is 0.455. The van der Waals surface area contributed by atoms with Crippen LogP contribution in [0, 0.1) is 0 Å². The summed E-state index contributed by atoms with van der Waals surface area (Å²) in [5.41, 5.74) is 1.03. The third kappa shape index (κ3) is 3.71. The molecular formula is C11H16O5Si. The summed E-state index contributed by atoms with van der Waals surface area (Å²) in [6.45, 7) is 1.12. The summed E-state index contributed by atoms with van der Waals surface area (Å²) < 4.78 is 10.8. The summed E-state index contributed by atoms with van der Waals surface area (Å²) >= 11 is 0. The van der Waals surface area contributed by atoms with Crippen LogP contribution in [0.2, 0.25) is 6.04 Å². The number of fused-ring (bicyclic) bond motifs is 1. The van der Waals surface area contributed by atoms with Gasteiger partial charge in [-0.15, -0.1) is 0 Å². The quantitative estimate of drug-likeness (QED) is 0.676. The fourth-order valence-corrected chi connectivity index (χ4v) is 2.42. The Morgan fingerprint density at radius 3 is 2.47 bits per heavy atom. The van der Waals surface area contributed by atoms with Crippen LogP contribution in [0.5, 0.6) is 11.5 Å². The second-order valence-corrected chi connectivity index (χ2v) is 6.15. The monoisotopic (exact) mass is 256 g/mol. The lowest BCUT2D eigenvalue weighted by Gasteiger charge is -2.19. The van der Waals surface area contributed by atoms with E-state index in [9.17, 15) is 0 Å². The number of hydrogen-bond acceptors (Lipinski definition) is 5. The van der Waals surface area contributed by atoms with Crippen molar-refractivity contribution >= 4 is 8.80 Å². The second-order valence-electron chi connectivity index (χ2n) is 4.11. The maximum Gasteiger partial charge on any atom is 0.492 e. The topological polar surface area (TPSA) is 79.2 Å². The predicted molar refractivity (Wildman–Crippen MR) is 63.0 cm³/mol. The van der Waals surface area contributed by atoms with E-state index < -0.39 is 8.80 Å². The van der Waals surface area contributed by atoms with Gasteiger partial charge in [-0.3, -0.25) is 0 Å². The first-order chi connectivity index (χ1) is 8.04. The highest BCUT2D eigenvalue weighted by molar-refractivity contribution is 6.56. The minimum absolute atomic E-state index is 0.0570. The third-order valence-electron chi connectivity index (χ3n) is 2.58. The summed E-state index contributed by atoms with van der Waals surface area (Å²) in [5, 5.41) is 0. The molecule has 0 saturated heterocycles. The molecule has 0 bridgehead atoms. The van der Waals surface area contributed by atoms with Crippen LogP contribution in [0.1, 0.15) is 12.0 Å². The molecule has 2 rings (SSSR count). The Hall–Kier alpha value is -1.08. The Bertz CT molecular complexity index is 388. The number of ether oxygens (including phenoxy) is 2. The first kappa shape index (κ1) is 12.4. The van der Waals surface area contributed by atoms with Crippen molar-refractivity contribution in [1.29, 1.82) is 0 Å². The number of rotatable bonds is 4. The van der Waals surface area contributed by atoms with Crippen LogP contribution in [0.15, 0.2) is 18.2 Å². The van der Waals surface area contributed by atoms with E-state index in [4.69, 9.17) is 23.9 Å². The zero-order valence-corrected chi connectivity index (χ0v) is 10.4. The highest BCUT2D eigenvalue weighted by Crippen LogP contribution is 2.31. The molecule has 6 heteroatoms. The fourth-order valence-electron chi connectivity index (χ4n) is 1.77. The van der Waals surface area contributed by atoms with Crippen LogP contribution in [0.25, 0.3) is 0 Å². The molecule has 0 saturated carbocycles. The molecule has 0 aromatic heterocycles. The average Bonchev–Trinajstić information content (AvgIpc) is 2.27. The van der Waals surface area contributed by atoms with E-state index in [-0.39, 0.29) is 6.04 Å². The van der Waals surface area contributed by atoms with E-state index in [0.717, 1.165) is 17.1 Å². The highest BCUT2D eigenvalue weighted by Gasteiger charge is 2.25. The van der Waals surface area contributed by atoms with Crippen LogP contribution in [0.4, 0.5) is 0 Å². The zero-order chi connectivity index (χ0) is 12.3. The lowest BCUT2D eigenvalue weighted by atomic mass is 10.1. The van der Waals surface area contributed by atoms with Crippen LogP contribution in [0.3, 0.4) is 0 Å². The van der Waals surface area contributed by atoms with Crippen molar-refractivity contribution in [2.24, 2.45) is 0 Å². The first-order valence-corrected chi connectivity index (χ1v) is 7.65. The Balaban J connectivity index is 1.93. The molecule has 1 aromatic carbocycles. The standard InChI is InChI=1S/C11H16O5Si/c12-17(13,14)7-1-2-9-3-4-10-11(8-9)16-6-5-15-10/h3-4,8,12-14H,1-2,5-7H2. The van der Waals surface area contributed by atoms with Gasteiger partial charge in [0, 0.05) is 6.04 Å². The van der Waals surface area contributed by atoms with Crippen LogP contribution in [-0.4, -0.2) is 36.4 Å². The summed E-state index contributed by atoms with van der Waals surface area (Å²) in [6, 6.07) is 5.72. The minimum Gasteiger partial charge on any atom is -0.486 e. The van der Waals surface area contributed by atoms with E-state index in [1.165, 1.54) is 0 Å². The van der Waals surface area contributed by atoms with Gasteiger partial charge in [0.2, 0.25) is 0 Å². The van der Waals surface area contributed by atoms with E-state index >= 15 is 0 Å². The SMILES string of the molecule is O[Si](O)(O)CCCc1ccc2c(c1)OCCO2. The van der Waals surface area contributed by atoms with Gasteiger partial charge in [-0.2, -0.15) is 0 Å². The molecule has 5 nitrogen and oxygen atoms in total. The van der Waals surface area contributed by atoms with Crippen molar-refractivity contribution in [2.45, 2.75) is 18.9 Å². The lowest BCUT2D eigenvalue weighted by Crippen LogP contribution is -2.34. The predicted octanol–water partition coefficient (Wildman–Crippen LogP) is 0.306. The summed E-state index contributed by atoms with van der Waals surface area (Å²) in [7, 11) is -3.90. The van der Waals surface area contributed by atoms with Crippen molar-refractivity contribution in [2.75, 3.05) is 13.2 Å². The van der Waals surface area contributed by atoms with E-state index in [2.05, 4.69) is 0 Å². The molecule has 17 heavy (non-hydrogen) atoms. The Morgan fingerprint density at radius 1 is 1.06 bits per heavy atom. The van der Waals surface area contributed by atoms with Crippen LogP contribution < -0.4 is 9.47 Å². The normalized spacial score (nSPS) is 14.8. The van der Waals surface area contributed by atoms with Gasteiger partial charge in [0.15, 0.2) is 11.5 Å². The number of aryl methyl sites for hydroxylation is 1. The molecular weight excluding hydrogens is 240 g/mol. The van der Waals surface area contributed by atoms with Crippen molar-refractivity contribution < 1.29 is 23.9 Å². The molecule has 94 valence electrons. The van der Waals surface area contributed by atoms with E-state index in [1.54, 1.807) is 0 Å². The molecule has 1 aliphatic rings. The van der Waals surface area contributed by atoms with Gasteiger partial charge in [0.05, 0.1) is 0 Å². The molecule has 0 radical (unpaired) electrons. The molecule has 0 spiro atoms. The average molecular weight is 256 g/mol. The summed E-state index contributed by atoms with van der Waals surface area (Å²) in [6.07, 6.45) is 1.21. The number of benzene rings is 1. The lowest BCUT2D eigenvalue weighted by molar-refractivity contribution is 0.171. The molecule has 3 N–H and O–H groups in total. The molecule has 0 amide bonds. The molecule has 1 aliphatic heterocycles. The molecule has 0 fully saturated rings. The number of hydrogen-bond donors (Lipinski definition) is 3. The van der Waals surface area contributed by atoms with Crippen molar-refractivity contribution in [1.82, 2.24) is 0 Å². The zero-order valence-electron chi connectivity index (χ0n) is 9.43. The minimum atomic E-state index is -3.90. The Kier molecular flexibility index (Phi) is 3.68. The smallest absolute Gasteiger partial charge is 0.486 e. The van der Waals surface area contributed by atoms with Crippen molar-refractivity contribution in [3.05, 3.63) is 23.8 Å². The van der Waals surface area contributed by atoms with Crippen LogP contribution in [-0.2, 0) is 6.42 Å². The summed E-state index contributed by atoms with van der Waals surface area (Å²) in [5.74, 6) is 1.48. The Labute approximate surface area is 101 Å². The maximum absolute atomic E-state index is 8.89. The second kappa shape index (κ2) is 5.05. The Morgan fingerprint density at radius 2 is 1.76 bits per heavy atom. The van der Waals surface area contributed by atoms with Gasteiger partial charge in [0.1, 0.15) is 13.2 Å².